The van der Waals surface area contributed by atoms with Crippen molar-refractivity contribution in [1.29, 1.82) is 0 Å². The molecule has 32 heavy (non-hydrogen) atoms. The van der Waals surface area contributed by atoms with Crippen LogP contribution in [0.25, 0.3) is 10.6 Å². The molecule has 1 aliphatic carbocycles. The summed E-state index contributed by atoms with van der Waals surface area (Å²) in [6.07, 6.45) is 6.37. The zero-order valence-electron chi connectivity index (χ0n) is 19.0. The Morgan fingerprint density at radius 1 is 1.22 bits per heavy atom. The Hall–Kier alpha value is -1.68. The van der Waals surface area contributed by atoms with Gasteiger partial charge in [-0.3, -0.25) is 9.79 Å². The van der Waals surface area contributed by atoms with E-state index in [1.54, 1.807) is 18.4 Å². The predicted molar refractivity (Wildman–Crippen MR) is 143 cm³/mol. The summed E-state index contributed by atoms with van der Waals surface area (Å²) in [4.78, 5) is 23.8. The van der Waals surface area contributed by atoms with Crippen molar-refractivity contribution in [3.8, 4) is 10.6 Å². The zero-order chi connectivity index (χ0) is 21.6. The van der Waals surface area contributed by atoms with E-state index in [0.29, 0.717) is 5.91 Å². The van der Waals surface area contributed by atoms with Gasteiger partial charge in [0.1, 0.15) is 5.01 Å². The number of likely N-dealkylation sites (tertiary alicyclic amines) is 1. The van der Waals surface area contributed by atoms with Gasteiger partial charge in [-0.2, -0.15) is 0 Å². The van der Waals surface area contributed by atoms with Crippen LogP contribution in [0.1, 0.15) is 43.4 Å². The molecule has 1 saturated heterocycles. The van der Waals surface area contributed by atoms with Gasteiger partial charge in [-0.25, -0.2) is 4.98 Å². The van der Waals surface area contributed by atoms with Gasteiger partial charge in [0.2, 0.25) is 5.91 Å². The molecule has 0 spiro atoms. The molecule has 1 aromatic carbocycles. The fourth-order valence-electron chi connectivity index (χ4n) is 4.46. The van der Waals surface area contributed by atoms with E-state index in [4.69, 9.17) is 4.98 Å². The number of nitrogens with one attached hydrogen (secondary N) is 2. The lowest BCUT2D eigenvalue weighted by Gasteiger charge is -2.21. The standard InChI is InChI=1S/C24H33N5OS.HI/c1-17-7-9-18(10-8-17)22-27-21(16-31-22)11-13-26-24(25-2)28-20-12-14-29(15-20)23(30)19-5-3-4-6-19;/h7-10,16,19-20H,3-6,11-15H2,1-2H3,(H2,25,26,28);1H. The van der Waals surface area contributed by atoms with E-state index >= 15 is 0 Å². The highest BCUT2D eigenvalue weighted by molar-refractivity contribution is 14.0. The number of carbonyl (C=O) groups is 1. The summed E-state index contributed by atoms with van der Waals surface area (Å²) in [7, 11) is 1.80. The minimum absolute atomic E-state index is 0. The monoisotopic (exact) mass is 567 g/mol. The largest absolute Gasteiger partial charge is 0.356 e. The molecule has 2 fully saturated rings. The molecule has 1 aromatic heterocycles. The fraction of sp³-hybridized carbons (Fsp3) is 0.542. The molecule has 0 radical (unpaired) electrons. The summed E-state index contributed by atoms with van der Waals surface area (Å²) in [5.41, 5.74) is 3.53. The Bertz CT molecular complexity index is 907. The number of amides is 1. The molecule has 4 rings (SSSR count). The first-order valence-electron chi connectivity index (χ1n) is 11.4. The van der Waals surface area contributed by atoms with Crippen molar-refractivity contribution in [2.24, 2.45) is 10.9 Å². The minimum Gasteiger partial charge on any atom is -0.356 e. The summed E-state index contributed by atoms with van der Waals surface area (Å²) >= 11 is 1.69. The first-order valence-corrected chi connectivity index (χ1v) is 12.3. The number of benzene rings is 1. The predicted octanol–water partition coefficient (Wildman–Crippen LogP) is 4.24. The summed E-state index contributed by atoms with van der Waals surface area (Å²) in [6, 6.07) is 8.77. The SMILES string of the molecule is CN=C(NCCc1csc(-c2ccc(C)cc2)n1)NC1CCN(C(=O)C2CCCC2)C1.I. The minimum atomic E-state index is 0. The Balaban J connectivity index is 0.00000289. The molecule has 1 unspecified atom stereocenters. The van der Waals surface area contributed by atoms with Gasteiger partial charge in [-0.1, -0.05) is 42.7 Å². The number of aliphatic imine (C=N–C) groups is 1. The Morgan fingerprint density at radius 2 is 1.97 bits per heavy atom. The number of hydrogen-bond donors (Lipinski definition) is 2. The molecule has 1 aliphatic heterocycles. The third-order valence-corrected chi connectivity index (χ3v) is 7.23. The van der Waals surface area contributed by atoms with E-state index in [0.717, 1.165) is 62.0 Å². The maximum absolute atomic E-state index is 12.6. The highest BCUT2D eigenvalue weighted by Gasteiger charge is 2.32. The van der Waals surface area contributed by atoms with Gasteiger partial charge in [-0.05, 0) is 26.2 Å². The number of thiazole rings is 1. The smallest absolute Gasteiger partial charge is 0.225 e. The van der Waals surface area contributed by atoms with Crippen molar-refractivity contribution in [2.45, 2.75) is 51.5 Å². The normalized spacial score (nSPS) is 19.1. The lowest BCUT2D eigenvalue weighted by atomic mass is 10.1. The number of hydrogen-bond acceptors (Lipinski definition) is 4. The molecule has 0 bridgehead atoms. The number of aromatic nitrogens is 1. The quantitative estimate of drug-likeness (QED) is 0.312. The summed E-state index contributed by atoms with van der Waals surface area (Å²) in [5, 5.41) is 10.1. The fourth-order valence-corrected chi connectivity index (χ4v) is 5.32. The summed E-state index contributed by atoms with van der Waals surface area (Å²) < 4.78 is 0. The number of nitrogens with zero attached hydrogens (tertiary/aromatic N) is 3. The van der Waals surface area contributed by atoms with Gasteiger partial charge in [0, 0.05) is 56.0 Å². The van der Waals surface area contributed by atoms with Crippen LogP contribution in [-0.2, 0) is 11.2 Å². The highest BCUT2D eigenvalue weighted by atomic mass is 127. The van der Waals surface area contributed by atoms with Crippen molar-refractivity contribution in [1.82, 2.24) is 20.5 Å². The molecule has 6 nitrogen and oxygen atoms in total. The number of halogens is 1. The van der Waals surface area contributed by atoms with Crippen LogP contribution in [0.4, 0.5) is 0 Å². The molecule has 2 N–H and O–H groups in total. The van der Waals surface area contributed by atoms with Crippen molar-refractivity contribution < 1.29 is 4.79 Å². The first kappa shape index (κ1) is 25.0. The molecule has 2 heterocycles. The third kappa shape index (κ3) is 6.43. The van der Waals surface area contributed by atoms with Crippen molar-refractivity contribution in [2.75, 3.05) is 26.7 Å². The number of guanidine groups is 1. The van der Waals surface area contributed by atoms with Crippen LogP contribution in [0.5, 0.6) is 0 Å². The van der Waals surface area contributed by atoms with Crippen LogP contribution in [0.3, 0.4) is 0 Å². The lowest BCUT2D eigenvalue weighted by molar-refractivity contribution is -0.134. The molecule has 1 saturated carbocycles. The van der Waals surface area contributed by atoms with Crippen LogP contribution in [0.15, 0.2) is 34.6 Å². The average Bonchev–Trinajstić information content (AvgIpc) is 3.55. The number of aryl methyl sites for hydroxylation is 1. The molecular formula is C24H34IN5OS. The topological polar surface area (TPSA) is 69.6 Å². The van der Waals surface area contributed by atoms with Crippen LogP contribution in [-0.4, -0.2) is 54.5 Å². The Labute approximate surface area is 212 Å². The molecule has 1 atom stereocenters. The Kier molecular flexibility index (Phi) is 9.34. The average molecular weight is 568 g/mol. The molecular weight excluding hydrogens is 533 g/mol. The maximum Gasteiger partial charge on any atom is 0.225 e. The second-order valence-corrected chi connectivity index (χ2v) is 9.51. The van der Waals surface area contributed by atoms with Crippen molar-refractivity contribution in [3.05, 3.63) is 40.9 Å². The van der Waals surface area contributed by atoms with Gasteiger partial charge < -0.3 is 15.5 Å². The zero-order valence-corrected chi connectivity index (χ0v) is 22.1. The second kappa shape index (κ2) is 12.0. The van der Waals surface area contributed by atoms with E-state index in [1.165, 1.54) is 24.0 Å². The van der Waals surface area contributed by atoms with Crippen LogP contribution >= 0.6 is 35.3 Å². The third-order valence-electron chi connectivity index (χ3n) is 6.29. The summed E-state index contributed by atoms with van der Waals surface area (Å²) in [5.74, 6) is 1.42. The van der Waals surface area contributed by atoms with E-state index in [-0.39, 0.29) is 35.9 Å². The second-order valence-electron chi connectivity index (χ2n) is 8.65. The van der Waals surface area contributed by atoms with E-state index < -0.39 is 0 Å². The number of rotatable bonds is 6. The van der Waals surface area contributed by atoms with Gasteiger partial charge in [0.05, 0.1) is 5.69 Å². The van der Waals surface area contributed by atoms with Crippen LogP contribution in [0.2, 0.25) is 0 Å². The summed E-state index contributed by atoms with van der Waals surface area (Å²) in [6.45, 7) is 4.50. The first-order chi connectivity index (χ1) is 15.1. The van der Waals surface area contributed by atoms with Gasteiger partial charge >= 0.3 is 0 Å². The molecule has 2 aliphatic rings. The van der Waals surface area contributed by atoms with Crippen molar-refractivity contribution in [3.63, 3.8) is 0 Å². The lowest BCUT2D eigenvalue weighted by Crippen LogP contribution is -2.45. The Morgan fingerprint density at radius 3 is 2.69 bits per heavy atom. The van der Waals surface area contributed by atoms with Gasteiger partial charge in [0.25, 0.3) is 0 Å². The van der Waals surface area contributed by atoms with Crippen LogP contribution < -0.4 is 10.6 Å². The van der Waals surface area contributed by atoms with E-state index in [9.17, 15) is 4.79 Å². The highest BCUT2D eigenvalue weighted by Crippen LogP contribution is 2.28. The molecule has 8 heteroatoms. The maximum atomic E-state index is 12.6. The van der Waals surface area contributed by atoms with E-state index in [2.05, 4.69) is 52.2 Å². The van der Waals surface area contributed by atoms with Crippen molar-refractivity contribution >= 4 is 47.2 Å². The molecule has 1 amide bonds. The van der Waals surface area contributed by atoms with Gasteiger partial charge in [0.15, 0.2) is 5.96 Å². The van der Waals surface area contributed by atoms with Gasteiger partial charge in [-0.15, -0.1) is 35.3 Å². The number of carbonyl (C=O) groups excluding carboxylic acids is 1. The van der Waals surface area contributed by atoms with E-state index in [1.807, 2.05) is 4.90 Å². The molecule has 2 aromatic rings. The molecule has 174 valence electrons. The van der Waals surface area contributed by atoms with Crippen LogP contribution in [0, 0.1) is 12.8 Å².